The van der Waals surface area contributed by atoms with Crippen LogP contribution in [0.15, 0.2) is 30.3 Å². The van der Waals surface area contributed by atoms with Gasteiger partial charge in [-0.1, -0.05) is 18.2 Å². The van der Waals surface area contributed by atoms with Gasteiger partial charge in [0.05, 0.1) is 6.17 Å². The highest BCUT2D eigenvalue weighted by Gasteiger charge is 2.18. The summed E-state index contributed by atoms with van der Waals surface area (Å²) in [7, 11) is 0. The fourth-order valence-corrected chi connectivity index (χ4v) is 1.64. The summed E-state index contributed by atoms with van der Waals surface area (Å²) in [5.74, 6) is 0.940. The summed E-state index contributed by atoms with van der Waals surface area (Å²) < 4.78 is 5.79. The van der Waals surface area contributed by atoms with Crippen molar-refractivity contribution in [1.82, 2.24) is 5.32 Å². The van der Waals surface area contributed by atoms with Gasteiger partial charge in [-0.25, -0.2) is 0 Å². The number of nitrogens with two attached hydrogens (primary N) is 1. The lowest BCUT2D eigenvalue weighted by atomic mass is 10.1. The second-order valence-electron chi connectivity index (χ2n) is 3.65. The highest BCUT2D eigenvalue weighted by molar-refractivity contribution is 5.21. The average molecular weight is 192 g/mol. The molecule has 1 aromatic rings. The number of ether oxygens (including phenoxy) is 1. The minimum absolute atomic E-state index is 0.144. The first-order valence-electron chi connectivity index (χ1n) is 5.05. The minimum Gasteiger partial charge on any atom is -0.489 e. The van der Waals surface area contributed by atoms with Crippen LogP contribution in [0.5, 0.6) is 5.75 Å². The SMILES string of the molecule is NC1CCC(Oc2ccccc2)CN1. The van der Waals surface area contributed by atoms with Crippen molar-refractivity contribution in [3.63, 3.8) is 0 Å². The Bertz CT molecular complexity index is 268. The molecule has 14 heavy (non-hydrogen) atoms. The maximum absolute atomic E-state index is 5.79. The molecule has 2 atom stereocenters. The first-order chi connectivity index (χ1) is 6.84. The van der Waals surface area contributed by atoms with E-state index in [4.69, 9.17) is 10.5 Å². The van der Waals surface area contributed by atoms with E-state index in [1.807, 2.05) is 30.3 Å². The minimum atomic E-state index is 0.144. The van der Waals surface area contributed by atoms with Crippen LogP contribution in [-0.4, -0.2) is 18.8 Å². The van der Waals surface area contributed by atoms with E-state index in [2.05, 4.69) is 5.32 Å². The molecule has 1 saturated heterocycles. The number of para-hydroxylation sites is 1. The van der Waals surface area contributed by atoms with Gasteiger partial charge < -0.3 is 10.5 Å². The Labute approximate surface area is 84.3 Å². The lowest BCUT2D eigenvalue weighted by Crippen LogP contribution is -2.48. The molecule has 0 amide bonds. The third-order valence-corrected chi connectivity index (χ3v) is 2.45. The van der Waals surface area contributed by atoms with Crippen molar-refractivity contribution in [2.24, 2.45) is 5.73 Å². The van der Waals surface area contributed by atoms with Crippen molar-refractivity contribution in [2.75, 3.05) is 6.54 Å². The van der Waals surface area contributed by atoms with Gasteiger partial charge in [-0.05, 0) is 25.0 Å². The molecule has 3 nitrogen and oxygen atoms in total. The Morgan fingerprint density at radius 2 is 2.00 bits per heavy atom. The van der Waals surface area contributed by atoms with Gasteiger partial charge in [0.25, 0.3) is 0 Å². The molecule has 0 radical (unpaired) electrons. The smallest absolute Gasteiger partial charge is 0.119 e. The molecular formula is C11H16N2O. The van der Waals surface area contributed by atoms with Crippen molar-refractivity contribution >= 4 is 0 Å². The normalized spacial score (nSPS) is 27.2. The summed E-state index contributed by atoms with van der Waals surface area (Å²) in [6.07, 6.45) is 2.42. The van der Waals surface area contributed by atoms with E-state index in [1.165, 1.54) is 0 Å². The average Bonchev–Trinajstić information content (AvgIpc) is 2.23. The number of nitrogens with one attached hydrogen (secondary N) is 1. The Kier molecular flexibility index (Phi) is 3.01. The molecule has 76 valence electrons. The molecule has 0 aliphatic carbocycles. The molecule has 1 fully saturated rings. The second kappa shape index (κ2) is 4.44. The van der Waals surface area contributed by atoms with Crippen LogP contribution in [0, 0.1) is 0 Å². The van der Waals surface area contributed by atoms with Crippen LogP contribution >= 0.6 is 0 Å². The molecule has 0 saturated carbocycles. The Morgan fingerprint density at radius 1 is 1.21 bits per heavy atom. The zero-order chi connectivity index (χ0) is 9.80. The predicted molar refractivity (Wildman–Crippen MR) is 56.1 cm³/mol. The lowest BCUT2D eigenvalue weighted by Gasteiger charge is -2.27. The standard InChI is InChI=1S/C11H16N2O/c12-11-7-6-10(8-13-11)14-9-4-2-1-3-5-9/h1-5,10-11,13H,6-8,12H2. The molecule has 2 unspecified atom stereocenters. The number of hydrogen-bond donors (Lipinski definition) is 2. The van der Waals surface area contributed by atoms with E-state index in [0.29, 0.717) is 0 Å². The number of rotatable bonds is 2. The van der Waals surface area contributed by atoms with Gasteiger partial charge >= 0.3 is 0 Å². The molecule has 2 rings (SSSR count). The van der Waals surface area contributed by atoms with Gasteiger partial charge in [-0.15, -0.1) is 0 Å². The summed E-state index contributed by atoms with van der Waals surface area (Å²) in [5, 5.41) is 3.21. The van der Waals surface area contributed by atoms with Gasteiger partial charge in [0, 0.05) is 6.54 Å². The van der Waals surface area contributed by atoms with Gasteiger partial charge in [-0.3, -0.25) is 5.32 Å². The monoisotopic (exact) mass is 192 g/mol. The fraction of sp³-hybridized carbons (Fsp3) is 0.455. The molecule has 1 aliphatic heterocycles. The maximum Gasteiger partial charge on any atom is 0.119 e. The van der Waals surface area contributed by atoms with Crippen LogP contribution < -0.4 is 15.8 Å². The van der Waals surface area contributed by atoms with E-state index < -0.39 is 0 Å². The third kappa shape index (κ3) is 2.47. The summed E-state index contributed by atoms with van der Waals surface area (Å²) in [6.45, 7) is 0.843. The molecule has 0 bridgehead atoms. The molecule has 1 heterocycles. The molecule has 0 aromatic heterocycles. The first kappa shape index (κ1) is 9.49. The van der Waals surface area contributed by atoms with E-state index in [1.54, 1.807) is 0 Å². The van der Waals surface area contributed by atoms with Crippen molar-refractivity contribution in [3.8, 4) is 5.75 Å². The highest BCUT2D eigenvalue weighted by Crippen LogP contribution is 2.15. The number of piperidine rings is 1. The third-order valence-electron chi connectivity index (χ3n) is 2.45. The summed E-state index contributed by atoms with van der Waals surface area (Å²) in [4.78, 5) is 0. The second-order valence-corrected chi connectivity index (χ2v) is 3.65. The van der Waals surface area contributed by atoms with E-state index >= 15 is 0 Å². The van der Waals surface area contributed by atoms with Crippen molar-refractivity contribution in [3.05, 3.63) is 30.3 Å². The zero-order valence-corrected chi connectivity index (χ0v) is 8.15. The van der Waals surface area contributed by atoms with Gasteiger partial charge in [0.1, 0.15) is 11.9 Å². The topological polar surface area (TPSA) is 47.3 Å². The molecule has 1 aromatic carbocycles. The van der Waals surface area contributed by atoms with Gasteiger partial charge in [0.15, 0.2) is 0 Å². The Morgan fingerprint density at radius 3 is 2.64 bits per heavy atom. The van der Waals surface area contributed by atoms with Crippen molar-refractivity contribution in [2.45, 2.75) is 25.1 Å². The molecular weight excluding hydrogens is 176 g/mol. The van der Waals surface area contributed by atoms with Crippen molar-refractivity contribution < 1.29 is 4.74 Å². The molecule has 3 N–H and O–H groups in total. The zero-order valence-electron chi connectivity index (χ0n) is 8.15. The summed E-state index contributed by atoms with van der Waals surface area (Å²) in [5.41, 5.74) is 5.72. The predicted octanol–water partition coefficient (Wildman–Crippen LogP) is 1.10. The summed E-state index contributed by atoms with van der Waals surface area (Å²) >= 11 is 0. The van der Waals surface area contributed by atoms with Crippen LogP contribution in [-0.2, 0) is 0 Å². The van der Waals surface area contributed by atoms with Crippen LogP contribution in [0.25, 0.3) is 0 Å². The van der Waals surface area contributed by atoms with Crippen LogP contribution in [0.4, 0.5) is 0 Å². The van der Waals surface area contributed by atoms with Crippen molar-refractivity contribution in [1.29, 1.82) is 0 Å². The summed E-state index contributed by atoms with van der Waals surface area (Å²) in [6, 6.07) is 9.92. The van der Waals surface area contributed by atoms with Crippen LogP contribution in [0.2, 0.25) is 0 Å². The lowest BCUT2D eigenvalue weighted by molar-refractivity contribution is 0.150. The molecule has 1 aliphatic rings. The molecule has 3 heteroatoms. The quantitative estimate of drug-likeness (QED) is 0.737. The number of benzene rings is 1. The van der Waals surface area contributed by atoms with E-state index in [0.717, 1.165) is 25.1 Å². The number of hydrogen-bond acceptors (Lipinski definition) is 3. The Hall–Kier alpha value is -1.06. The first-order valence-corrected chi connectivity index (χ1v) is 5.05. The van der Waals surface area contributed by atoms with E-state index in [9.17, 15) is 0 Å². The largest absolute Gasteiger partial charge is 0.489 e. The van der Waals surface area contributed by atoms with E-state index in [-0.39, 0.29) is 12.3 Å². The van der Waals surface area contributed by atoms with Gasteiger partial charge in [-0.2, -0.15) is 0 Å². The maximum atomic E-state index is 5.79. The van der Waals surface area contributed by atoms with Crippen LogP contribution in [0.1, 0.15) is 12.8 Å². The fourth-order valence-electron chi connectivity index (χ4n) is 1.64. The van der Waals surface area contributed by atoms with Crippen LogP contribution in [0.3, 0.4) is 0 Å². The highest BCUT2D eigenvalue weighted by atomic mass is 16.5. The van der Waals surface area contributed by atoms with Gasteiger partial charge in [0.2, 0.25) is 0 Å². The Balaban J connectivity index is 1.87. The molecule has 0 spiro atoms.